The zero-order chi connectivity index (χ0) is 16.9. The lowest BCUT2D eigenvalue weighted by Crippen LogP contribution is -2.81. The lowest BCUT2D eigenvalue weighted by atomic mass is 9.46. The molecule has 1 saturated carbocycles. The molecule has 0 spiro atoms. The quantitative estimate of drug-likeness (QED) is 0.877. The molecule has 2 fully saturated rings. The zero-order valence-electron chi connectivity index (χ0n) is 14.7. The summed E-state index contributed by atoms with van der Waals surface area (Å²) in [5.41, 5.74) is 9.15. The Hall–Kier alpha value is -1.39. The maximum absolute atomic E-state index is 13.2. The highest BCUT2D eigenvalue weighted by molar-refractivity contribution is 6.00. The van der Waals surface area contributed by atoms with Gasteiger partial charge in [0, 0.05) is 23.6 Å². The van der Waals surface area contributed by atoms with Gasteiger partial charge in [-0.3, -0.25) is 4.79 Å². The van der Waals surface area contributed by atoms with Crippen LogP contribution in [0.3, 0.4) is 0 Å². The number of ether oxygens (including phenoxy) is 1. The van der Waals surface area contributed by atoms with Gasteiger partial charge in [-0.15, -0.1) is 0 Å². The van der Waals surface area contributed by atoms with Gasteiger partial charge in [-0.2, -0.15) is 0 Å². The van der Waals surface area contributed by atoms with Crippen LogP contribution >= 0.6 is 0 Å². The van der Waals surface area contributed by atoms with E-state index in [1.807, 2.05) is 12.1 Å². The van der Waals surface area contributed by atoms with Crippen LogP contribution in [-0.4, -0.2) is 24.2 Å². The van der Waals surface area contributed by atoms with E-state index < -0.39 is 5.54 Å². The van der Waals surface area contributed by atoms with Crippen LogP contribution in [0.2, 0.25) is 0 Å². The third-order valence-electron chi connectivity index (χ3n) is 6.70. The molecule has 0 aromatic heterocycles. The van der Waals surface area contributed by atoms with Gasteiger partial charge in [-0.1, -0.05) is 26.0 Å². The Labute approximate surface area is 144 Å². The van der Waals surface area contributed by atoms with Crippen molar-refractivity contribution < 1.29 is 9.53 Å². The Kier molecular flexibility index (Phi) is 3.73. The van der Waals surface area contributed by atoms with Crippen molar-refractivity contribution >= 4 is 11.6 Å². The van der Waals surface area contributed by atoms with Crippen molar-refractivity contribution in [3.63, 3.8) is 0 Å². The van der Waals surface area contributed by atoms with E-state index in [1.165, 1.54) is 24.0 Å². The summed E-state index contributed by atoms with van der Waals surface area (Å²) < 4.78 is 5.92. The van der Waals surface area contributed by atoms with Crippen molar-refractivity contribution in [2.24, 2.45) is 17.1 Å². The SMILES string of the molecule is CC1(C)C2OCCCC2C1(N)C(=O)Nc1cccc2c1CCCC2. The number of benzene rings is 1. The molecule has 4 heteroatoms. The van der Waals surface area contributed by atoms with Crippen LogP contribution in [0.5, 0.6) is 0 Å². The largest absolute Gasteiger partial charge is 0.377 e. The smallest absolute Gasteiger partial charge is 0.245 e. The highest BCUT2D eigenvalue weighted by Crippen LogP contribution is 2.57. The molecule has 3 aliphatic rings. The van der Waals surface area contributed by atoms with Crippen LogP contribution in [0.25, 0.3) is 0 Å². The van der Waals surface area contributed by atoms with Crippen molar-refractivity contribution in [3.05, 3.63) is 29.3 Å². The fourth-order valence-corrected chi connectivity index (χ4v) is 5.16. The molecule has 0 bridgehead atoms. The minimum Gasteiger partial charge on any atom is -0.377 e. The molecule has 3 atom stereocenters. The minimum atomic E-state index is -0.852. The van der Waals surface area contributed by atoms with Crippen LogP contribution < -0.4 is 11.1 Å². The Morgan fingerprint density at radius 2 is 2.04 bits per heavy atom. The molecule has 24 heavy (non-hydrogen) atoms. The molecule has 1 saturated heterocycles. The second-order valence-electron chi connectivity index (χ2n) is 8.24. The number of hydrogen-bond donors (Lipinski definition) is 2. The molecule has 1 amide bonds. The third-order valence-corrected chi connectivity index (χ3v) is 6.70. The molecular weight excluding hydrogens is 300 g/mol. The third kappa shape index (κ3) is 2.09. The minimum absolute atomic E-state index is 0.0433. The van der Waals surface area contributed by atoms with Crippen LogP contribution in [0.4, 0.5) is 5.69 Å². The molecule has 3 N–H and O–H groups in total. The number of nitrogens with one attached hydrogen (secondary N) is 1. The van der Waals surface area contributed by atoms with Crippen LogP contribution in [0, 0.1) is 11.3 Å². The summed E-state index contributed by atoms with van der Waals surface area (Å²) in [5, 5.41) is 3.18. The molecule has 0 radical (unpaired) electrons. The maximum atomic E-state index is 13.2. The van der Waals surface area contributed by atoms with Gasteiger partial charge in [-0.25, -0.2) is 0 Å². The topological polar surface area (TPSA) is 64.3 Å². The first-order valence-electron chi connectivity index (χ1n) is 9.29. The standard InChI is InChI=1S/C20H28N2O2/c1-19(2)17-15(10-6-12-24-17)20(19,21)18(23)22-16-11-5-8-13-7-3-4-9-14(13)16/h5,8,11,15,17H,3-4,6-7,9-10,12,21H2,1-2H3,(H,22,23). The molecule has 4 rings (SSSR count). The number of anilines is 1. The molecule has 1 aromatic rings. The van der Waals surface area contributed by atoms with E-state index in [0.717, 1.165) is 38.0 Å². The Balaban J connectivity index is 1.60. The number of amides is 1. The predicted molar refractivity (Wildman–Crippen MR) is 94.9 cm³/mol. The lowest BCUT2D eigenvalue weighted by Gasteiger charge is -2.65. The molecule has 2 aliphatic carbocycles. The van der Waals surface area contributed by atoms with Crippen molar-refractivity contribution in [1.29, 1.82) is 0 Å². The van der Waals surface area contributed by atoms with E-state index in [1.54, 1.807) is 0 Å². The molecule has 130 valence electrons. The average Bonchev–Trinajstić information content (AvgIpc) is 2.61. The first kappa shape index (κ1) is 16.1. The number of nitrogens with two attached hydrogens (primary N) is 1. The average molecular weight is 328 g/mol. The van der Waals surface area contributed by atoms with Gasteiger partial charge >= 0.3 is 0 Å². The van der Waals surface area contributed by atoms with Crippen LogP contribution in [0.1, 0.15) is 50.7 Å². The van der Waals surface area contributed by atoms with E-state index in [9.17, 15) is 4.79 Å². The number of carbonyl (C=O) groups excluding carboxylic acids is 1. The van der Waals surface area contributed by atoms with E-state index in [0.29, 0.717) is 0 Å². The second-order valence-corrected chi connectivity index (χ2v) is 8.24. The van der Waals surface area contributed by atoms with Crippen molar-refractivity contribution in [3.8, 4) is 0 Å². The Morgan fingerprint density at radius 1 is 1.25 bits per heavy atom. The van der Waals surface area contributed by atoms with Crippen LogP contribution in [-0.2, 0) is 22.4 Å². The number of rotatable bonds is 2. The van der Waals surface area contributed by atoms with E-state index in [2.05, 4.69) is 25.2 Å². The lowest BCUT2D eigenvalue weighted by molar-refractivity contribution is -0.222. The molecule has 4 nitrogen and oxygen atoms in total. The highest BCUT2D eigenvalue weighted by Gasteiger charge is 2.70. The summed E-state index contributed by atoms with van der Waals surface area (Å²) in [6.45, 7) is 4.92. The first-order chi connectivity index (χ1) is 11.5. The van der Waals surface area contributed by atoms with E-state index in [-0.39, 0.29) is 23.3 Å². The fraction of sp³-hybridized carbons (Fsp3) is 0.650. The van der Waals surface area contributed by atoms with Gasteiger partial charge in [0.1, 0.15) is 5.54 Å². The normalized spacial score (nSPS) is 33.8. The Bertz CT molecular complexity index is 670. The molecule has 3 unspecified atom stereocenters. The monoisotopic (exact) mass is 328 g/mol. The molecular formula is C20H28N2O2. The number of hydrogen-bond acceptors (Lipinski definition) is 3. The second kappa shape index (κ2) is 5.57. The number of carbonyl (C=O) groups is 1. The van der Waals surface area contributed by atoms with E-state index >= 15 is 0 Å². The van der Waals surface area contributed by atoms with Gasteiger partial charge in [0.2, 0.25) is 5.91 Å². The summed E-state index contributed by atoms with van der Waals surface area (Å²) in [4.78, 5) is 13.2. The van der Waals surface area contributed by atoms with Gasteiger partial charge in [-0.05, 0) is 55.7 Å². The first-order valence-corrected chi connectivity index (χ1v) is 9.29. The summed E-state index contributed by atoms with van der Waals surface area (Å²) in [5.74, 6) is 0.0824. The van der Waals surface area contributed by atoms with Crippen molar-refractivity contribution in [1.82, 2.24) is 0 Å². The number of fused-ring (bicyclic) bond motifs is 2. The summed E-state index contributed by atoms with van der Waals surface area (Å²) >= 11 is 0. The van der Waals surface area contributed by atoms with Gasteiger partial charge in [0.25, 0.3) is 0 Å². The molecule has 1 heterocycles. The maximum Gasteiger partial charge on any atom is 0.245 e. The van der Waals surface area contributed by atoms with Gasteiger partial charge in [0.15, 0.2) is 0 Å². The molecule has 1 aromatic carbocycles. The van der Waals surface area contributed by atoms with Crippen molar-refractivity contribution in [2.45, 2.75) is 64.0 Å². The van der Waals surface area contributed by atoms with E-state index in [4.69, 9.17) is 10.5 Å². The van der Waals surface area contributed by atoms with Gasteiger partial charge in [0.05, 0.1) is 6.10 Å². The number of aryl methyl sites for hydroxylation is 1. The molecule has 1 aliphatic heterocycles. The zero-order valence-corrected chi connectivity index (χ0v) is 14.7. The predicted octanol–water partition coefficient (Wildman–Crippen LogP) is 3.04. The van der Waals surface area contributed by atoms with Crippen LogP contribution in [0.15, 0.2) is 18.2 Å². The Morgan fingerprint density at radius 3 is 2.88 bits per heavy atom. The summed E-state index contributed by atoms with van der Waals surface area (Å²) in [6.07, 6.45) is 6.65. The van der Waals surface area contributed by atoms with Gasteiger partial charge < -0.3 is 15.8 Å². The fourth-order valence-electron chi connectivity index (χ4n) is 5.16. The summed E-state index contributed by atoms with van der Waals surface area (Å²) in [7, 11) is 0. The summed E-state index contributed by atoms with van der Waals surface area (Å²) in [6, 6.07) is 6.24. The highest BCUT2D eigenvalue weighted by atomic mass is 16.5. The van der Waals surface area contributed by atoms with Crippen molar-refractivity contribution in [2.75, 3.05) is 11.9 Å².